The number of ether oxygens (including phenoxy) is 1. The first-order chi connectivity index (χ1) is 9.87. The van der Waals surface area contributed by atoms with Crippen LogP contribution in [0.1, 0.15) is 44.9 Å². The van der Waals surface area contributed by atoms with E-state index in [0.717, 1.165) is 19.3 Å². The predicted molar refractivity (Wildman–Crippen MR) is 72.3 cm³/mol. The molecule has 0 aromatic carbocycles. The molecule has 122 valence electrons. The minimum absolute atomic E-state index is 0.00934. The van der Waals surface area contributed by atoms with Crippen molar-refractivity contribution >= 4 is 11.9 Å². The molecule has 1 amide bonds. The van der Waals surface area contributed by atoms with Gasteiger partial charge in [0.25, 0.3) is 6.43 Å². The number of hydrogen-bond acceptors (Lipinski definition) is 3. The lowest BCUT2D eigenvalue weighted by Crippen LogP contribution is -2.52. The summed E-state index contributed by atoms with van der Waals surface area (Å²) in [5.74, 6) is -1.18. The first kappa shape index (κ1) is 17.8. The molecule has 0 saturated heterocycles. The van der Waals surface area contributed by atoms with Crippen LogP contribution >= 0.6 is 0 Å². The number of nitrogens with zero attached hydrogens (tertiary/aromatic N) is 1. The molecule has 5 nitrogen and oxygen atoms in total. The lowest BCUT2D eigenvalue weighted by atomic mass is 9.78. The normalized spacial score (nSPS) is 17.7. The molecule has 0 atom stereocenters. The van der Waals surface area contributed by atoms with Gasteiger partial charge < -0.3 is 14.7 Å². The van der Waals surface area contributed by atoms with Crippen LogP contribution in [0.2, 0.25) is 0 Å². The quantitative estimate of drug-likeness (QED) is 0.699. The SMILES string of the molecule is CN(C(=O)CCOCC(F)F)C1(CC(=O)O)CCCCC1. The van der Waals surface area contributed by atoms with Crippen molar-refractivity contribution in [2.75, 3.05) is 20.3 Å². The summed E-state index contributed by atoms with van der Waals surface area (Å²) < 4.78 is 28.6. The molecule has 0 aromatic heterocycles. The molecule has 0 bridgehead atoms. The zero-order chi connectivity index (χ0) is 15.9. The molecule has 1 N–H and O–H groups in total. The molecule has 0 aliphatic heterocycles. The Labute approximate surface area is 123 Å². The second-order valence-electron chi connectivity index (χ2n) is 5.52. The maximum atomic E-state index is 12.1. The fourth-order valence-electron chi connectivity index (χ4n) is 2.89. The van der Waals surface area contributed by atoms with E-state index >= 15 is 0 Å². The molecule has 0 heterocycles. The Balaban J connectivity index is 2.56. The number of rotatable bonds is 8. The molecule has 21 heavy (non-hydrogen) atoms. The van der Waals surface area contributed by atoms with Gasteiger partial charge in [-0.1, -0.05) is 19.3 Å². The molecule has 1 saturated carbocycles. The van der Waals surface area contributed by atoms with Gasteiger partial charge in [-0.25, -0.2) is 8.78 Å². The number of alkyl halides is 2. The van der Waals surface area contributed by atoms with Crippen LogP contribution in [-0.2, 0) is 14.3 Å². The average Bonchev–Trinajstić information content (AvgIpc) is 2.42. The Morgan fingerprint density at radius 2 is 1.90 bits per heavy atom. The van der Waals surface area contributed by atoms with Crippen molar-refractivity contribution in [1.82, 2.24) is 4.90 Å². The molecule has 1 aliphatic rings. The number of amides is 1. The van der Waals surface area contributed by atoms with E-state index < -0.39 is 24.5 Å². The van der Waals surface area contributed by atoms with Crippen molar-refractivity contribution in [3.8, 4) is 0 Å². The lowest BCUT2D eigenvalue weighted by Gasteiger charge is -2.44. The van der Waals surface area contributed by atoms with Crippen LogP contribution in [0.25, 0.3) is 0 Å². The van der Waals surface area contributed by atoms with E-state index in [9.17, 15) is 18.4 Å². The Morgan fingerprint density at radius 1 is 1.29 bits per heavy atom. The monoisotopic (exact) mass is 307 g/mol. The van der Waals surface area contributed by atoms with Crippen molar-refractivity contribution in [2.24, 2.45) is 0 Å². The molecule has 1 rings (SSSR count). The predicted octanol–water partition coefficient (Wildman–Crippen LogP) is 2.29. The summed E-state index contributed by atoms with van der Waals surface area (Å²) in [6.07, 6.45) is 1.53. The Morgan fingerprint density at radius 3 is 2.43 bits per heavy atom. The van der Waals surface area contributed by atoms with Crippen molar-refractivity contribution in [3.63, 3.8) is 0 Å². The van der Waals surface area contributed by atoms with Gasteiger partial charge in [0, 0.05) is 7.05 Å². The molecule has 0 spiro atoms. The van der Waals surface area contributed by atoms with Crippen LogP contribution in [0.5, 0.6) is 0 Å². The smallest absolute Gasteiger partial charge is 0.305 e. The lowest BCUT2D eigenvalue weighted by molar-refractivity contribution is -0.146. The van der Waals surface area contributed by atoms with Crippen molar-refractivity contribution in [1.29, 1.82) is 0 Å². The van der Waals surface area contributed by atoms with Crippen LogP contribution in [0.4, 0.5) is 8.78 Å². The zero-order valence-electron chi connectivity index (χ0n) is 12.3. The number of carbonyl (C=O) groups excluding carboxylic acids is 1. The Hall–Kier alpha value is -1.24. The number of carbonyl (C=O) groups is 2. The Kier molecular flexibility index (Phi) is 7.01. The van der Waals surface area contributed by atoms with E-state index in [1.807, 2.05) is 0 Å². The van der Waals surface area contributed by atoms with Gasteiger partial charge in [-0.2, -0.15) is 0 Å². The second-order valence-corrected chi connectivity index (χ2v) is 5.52. The van der Waals surface area contributed by atoms with Gasteiger partial charge in [0.05, 0.1) is 25.0 Å². The molecule has 0 unspecified atom stereocenters. The highest BCUT2D eigenvalue weighted by atomic mass is 19.3. The van der Waals surface area contributed by atoms with Gasteiger partial charge in [0.1, 0.15) is 6.61 Å². The summed E-state index contributed by atoms with van der Waals surface area (Å²) >= 11 is 0. The summed E-state index contributed by atoms with van der Waals surface area (Å²) in [6.45, 7) is -0.756. The fourth-order valence-corrected chi connectivity index (χ4v) is 2.89. The third-order valence-electron chi connectivity index (χ3n) is 4.05. The van der Waals surface area contributed by atoms with Gasteiger partial charge in [-0.05, 0) is 12.8 Å². The van der Waals surface area contributed by atoms with E-state index in [1.165, 1.54) is 4.90 Å². The number of hydrogen-bond donors (Lipinski definition) is 1. The van der Waals surface area contributed by atoms with Crippen LogP contribution in [-0.4, -0.2) is 54.1 Å². The highest BCUT2D eigenvalue weighted by Crippen LogP contribution is 2.36. The third-order valence-corrected chi connectivity index (χ3v) is 4.05. The van der Waals surface area contributed by atoms with Gasteiger partial charge in [0.15, 0.2) is 0 Å². The third kappa shape index (κ3) is 5.57. The second kappa shape index (κ2) is 8.26. The van der Waals surface area contributed by atoms with Crippen molar-refractivity contribution in [2.45, 2.75) is 56.9 Å². The van der Waals surface area contributed by atoms with Gasteiger partial charge in [0.2, 0.25) is 5.91 Å². The summed E-state index contributed by atoms with van der Waals surface area (Å²) in [5.41, 5.74) is -0.649. The van der Waals surface area contributed by atoms with E-state index in [-0.39, 0.29) is 25.4 Å². The maximum absolute atomic E-state index is 12.1. The number of aliphatic carboxylic acids is 1. The molecule has 1 fully saturated rings. The summed E-state index contributed by atoms with van der Waals surface area (Å²) in [7, 11) is 1.60. The van der Waals surface area contributed by atoms with Crippen molar-refractivity contribution < 1.29 is 28.2 Å². The molecular weight excluding hydrogens is 284 g/mol. The zero-order valence-corrected chi connectivity index (χ0v) is 12.3. The van der Waals surface area contributed by atoms with E-state index in [1.54, 1.807) is 7.05 Å². The average molecular weight is 307 g/mol. The highest BCUT2D eigenvalue weighted by molar-refractivity contribution is 5.78. The van der Waals surface area contributed by atoms with Crippen LogP contribution in [0.3, 0.4) is 0 Å². The van der Waals surface area contributed by atoms with E-state index in [0.29, 0.717) is 12.8 Å². The molecule has 1 aliphatic carbocycles. The van der Waals surface area contributed by atoms with Crippen LogP contribution in [0.15, 0.2) is 0 Å². The van der Waals surface area contributed by atoms with Crippen LogP contribution in [0, 0.1) is 0 Å². The summed E-state index contributed by atoms with van der Waals surface area (Å²) in [4.78, 5) is 24.7. The van der Waals surface area contributed by atoms with E-state index in [2.05, 4.69) is 0 Å². The maximum Gasteiger partial charge on any atom is 0.305 e. The first-order valence-electron chi connectivity index (χ1n) is 7.22. The Bertz CT molecular complexity index is 357. The topological polar surface area (TPSA) is 66.8 Å². The van der Waals surface area contributed by atoms with E-state index in [4.69, 9.17) is 9.84 Å². The largest absolute Gasteiger partial charge is 0.481 e. The van der Waals surface area contributed by atoms with Gasteiger partial charge >= 0.3 is 5.97 Å². The number of halogens is 2. The molecular formula is C14H23F2NO4. The fraction of sp³-hybridized carbons (Fsp3) is 0.857. The van der Waals surface area contributed by atoms with Crippen LogP contribution < -0.4 is 0 Å². The molecule has 7 heteroatoms. The standard InChI is InChI=1S/C14H23F2NO4/c1-17(12(18)5-8-21-10-11(15)16)14(9-13(19)20)6-3-2-4-7-14/h11H,2-10H2,1H3,(H,19,20). The molecule has 0 radical (unpaired) electrons. The van der Waals surface area contributed by atoms with Gasteiger partial charge in [-0.15, -0.1) is 0 Å². The van der Waals surface area contributed by atoms with Crippen molar-refractivity contribution in [3.05, 3.63) is 0 Å². The minimum Gasteiger partial charge on any atom is -0.481 e. The number of carboxylic acids is 1. The first-order valence-corrected chi connectivity index (χ1v) is 7.22. The summed E-state index contributed by atoms with van der Waals surface area (Å²) in [5, 5.41) is 9.09. The number of carboxylic acid groups (broad SMARTS) is 1. The minimum atomic E-state index is -2.55. The van der Waals surface area contributed by atoms with Gasteiger partial charge in [-0.3, -0.25) is 9.59 Å². The molecule has 0 aromatic rings. The highest BCUT2D eigenvalue weighted by Gasteiger charge is 2.40. The summed E-state index contributed by atoms with van der Waals surface area (Å²) in [6, 6.07) is 0.